The van der Waals surface area contributed by atoms with Crippen molar-refractivity contribution >= 4 is 28.9 Å². The number of benzene rings is 2. The Kier molecular flexibility index (Phi) is 6.38. The third-order valence-electron chi connectivity index (χ3n) is 5.96. The van der Waals surface area contributed by atoms with Crippen molar-refractivity contribution in [2.45, 2.75) is 19.5 Å². The molecule has 0 unspecified atom stereocenters. The van der Waals surface area contributed by atoms with E-state index >= 15 is 0 Å². The molecule has 0 atom stereocenters. The lowest BCUT2D eigenvalue weighted by molar-refractivity contribution is 0.0697. The van der Waals surface area contributed by atoms with Crippen LogP contribution < -0.4 is 5.32 Å². The van der Waals surface area contributed by atoms with Crippen LogP contribution in [0.25, 0.3) is 0 Å². The average molecular weight is 456 g/mol. The number of hydrogen-bond acceptors (Lipinski definition) is 6. The van der Waals surface area contributed by atoms with Crippen molar-refractivity contribution in [3.05, 3.63) is 101 Å². The van der Waals surface area contributed by atoms with Crippen LogP contribution in [0.4, 0.5) is 5.69 Å². The predicted molar refractivity (Wildman–Crippen MR) is 132 cm³/mol. The van der Waals surface area contributed by atoms with E-state index in [0.29, 0.717) is 11.1 Å². The lowest BCUT2D eigenvalue weighted by atomic mass is 9.92. The first-order valence-corrected chi connectivity index (χ1v) is 11.1. The highest BCUT2D eigenvalue weighted by atomic mass is 16.4. The van der Waals surface area contributed by atoms with Gasteiger partial charge in [-0.3, -0.25) is 19.5 Å². The van der Waals surface area contributed by atoms with Crippen molar-refractivity contribution in [1.82, 2.24) is 4.90 Å². The van der Waals surface area contributed by atoms with Crippen molar-refractivity contribution in [2.24, 2.45) is 4.99 Å². The van der Waals surface area contributed by atoms with E-state index in [2.05, 4.69) is 53.4 Å². The standard InChI is InChI=1S/C17H11NO4.C10H14N2/c19-15-9-14(16(20)11-6-2-1-5-10(11)15)18-13-8-4-3-7-12(13)17(21)22;1-3-12(4-2)10-7-5-9(11-10)6-8-10/h1-9,18H,(H,21,22);5-8H,3-4H2,1-2H3. The summed E-state index contributed by atoms with van der Waals surface area (Å²) in [5.74, 6) is -1.74. The molecule has 2 aliphatic heterocycles. The zero-order chi connectivity index (χ0) is 24.3. The van der Waals surface area contributed by atoms with Crippen LogP contribution in [0.5, 0.6) is 0 Å². The number of carbonyl (C=O) groups excluding carboxylic acids is 2. The van der Waals surface area contributed by atoms with E-state index in [1.807, 2.05) is 0 Å². The summed E-state index contributed by atoms with van der Waals surface area (Å²) in [4.78, 5) is 42.6. The molecule has 2 bridgehead atoms. The van der Waals surface area contributed by atoms with E-state index in [9.17, 15) is 14.4 Å². The number of aromatic carboxylic acids is 1. The van der Waals surface area contributed by atoms with Gasteiger partial charge in [-0.2, -0.15) is 0 Å². The number of allylic oxidation sites excluding steroid dienone is 4. The summed E-state index contributed by atoms with van der Waals surface area (Å²) in [6.07, 6.45) is 9.74. The largest absolute Gasteiger partial charge is 0.478 e. The molecular weight excluding hydrogens is 430 g/mol. The Bertz CT molecular complexity index is 1270. The lowest BCUT2D eigenvalue weighted by Gasteiger charge is -2.32. The molecule has 7 nitrogen and oxygen atoms in total. The minimum Gasteiger partial charge on any atom is -0.478 e. The number of para-hydroxylation sites is 1. The van der Waals surface area contributed by atoms with Gasteiger partial charge in [0.1, 0.15) is 0 Å². The molecular formula is C27H25N3O4. The van der Waals surface area contributed by atoms with E-state index in [0.717, 1.165) is 18.8 Å². The molecule has 2 aromatic carbocycles. The summed E-state index contributed by atoms with van der Waals surface area (Å²) < 4.78 is 0. The Morgan fingerprint density at radius 2 is 1.59 bits per heavy atom. The molecule has 0 saturated carbocycles. The zero-order valence-electron chi connectivity index (χ0n) is 19.0. The van der Waals surface area contributed by atoms with Crippen molar-refractivity contribution in [3.63, 3.8) is 0 Å². The van der Waals surface area contributed by atoms with Gasteiger partial charge in [-0.1, -0.05) is 50.2 Å². The topological polar surface area (TPSA) is 99.1 Å². The monoisotopic (exact) mass is 455 g/mol. The van der Waals surface area contributed by atoms with Crippen LogP contribution in [0.2, 0.25) is 0 Å². The fourth-order valence-corrected chi connectivity index (χ4v) is 4.23. The van der Waals surface area contributed by atoms with Gasteiger partial charge >= 0.3 is 5.97 Å². The first-order valence-electron chi connectivity index (χ1n) is 11.1. The first-order chi connectivity index (χ1) is 16.4. The van der Waals surface area contributed by atoms with E-state index in [-0.39, 0.29) is 34.2 Å². The molecule has 0 amide bonds. The lowest BCUT2D eigenvalue weighted by Crippen LogP contribution is -2.42. The number of anilines is 1. The molecule has 3 aliphatic rings. The minimum absolute atomic E-state index is 0.0301. The zero-order valence-corrected chi connectivity index (χ0v) is 19.0. The summed E-state index contributed by atoms with van der Waals surface area (Å²) in [6.45, 7) is 6.43. The van der Waals surface area contributed by atoms with Crippen LogP contribution >= 0.6 is 0 Å². The third kappa shape index (κ3) is 4.25. The summed E-state index contributed by atoms with van der Waals surface area (Å²) in [7, 11) is 0. The molecule has 172 valence electrons. The molecule has 0 fully saturated rings. The van der Waals surface area contributed by atoms with Crippen LogP contribution in [0.3, 0.4) is 0 Å². The number of carboxylic acids is 1. The molecule has 1 aliphatic carbocycles. The Morgan fingerprint density at radius 1 is 0.971 bits per heavy atom. The highest BCUT2D eigenvalue weighted by molar-refractivity contribution is 6.25. The fraction of sp³-hybridized carbons (Fsp3) is 0.185. The number of Topliss-reactive ketones (excluding diaryl/α,β-unsaturated/α-hetero) is 1. The summed E-state index contributed by atoms with van der Waals surface area (Å²) >= 11 is 0. The molecule has 0 saturated heterocycles. The maximum atomic E-state index is 12.4. The van der Waals surface area contributed by atoms with Crippen molar-refractivity contribution in [3.8, 4) is 0 Å². The Hall–Kier alpha value is -4.10. The maximum Gasteiger partial charge on any atom is 0.337 e. The average Bonchev–Trinajstić information content (AvgIpc) is 3.46. The maximum absolute atomic E-state index is 12.4. The second-order valence-electron chi connectivity index (χ2n) is 7.93. The molecule has 34 heavy (non-hydrogen) atoms. The van der Waals surface area contributed by atoms with E-state index in [1.165, 1.54) is 12.1 Å². The summed E-state index contributed by atoms with van der Waals surface area (Å²) in [5, 5.41) is 11.9. The predicted octanol–water partition coefficient (Wildman–Crippen LogP) is 4.36. The third-order valence-corrected chi connectivity index (χ3v) is 5.96. The number of fused-ring (bicyclic) bond motifs is 2. The summed E-state index contributed by atoms with van der Waals surface area (Å²) in [6, 6.07) is 12.7. The van der Waals surface area contributed by atoms with Crippen molar-refractivity contribution in [1.29, 1.82) is 0 Å². The normalized spacial score (nSPS) is 16.6. The number of ketones is 2. The number of carbonyl (C=O) groups is 3. The number of nitrogens with one attached hydrogen (secondary N) is 1. The van der Waals surface area contributed by atoms with Crippen LogP contribution in [0.15, 0.2) is 89.6 Å². The van der Waals surface area contributed by atoms with Crippen molar-refractivity contribution < 1.29 is 19.5 Å². The van der Waals surface area contributed by atoms with Crippen molar-refractivity contribution in [2.75, 3.05) is 18.4 Å². The van der Waals surface area contributed by atoms with E-state index in [1.54, 1.807) is 42.5 Å². The van der Waals surface area contributed by atoms with Crippen LogP contribution in [-0.4, -0.2) is 52.0 Å². The number of rotatable bonds is 6. The van der Waals surface area contributed by atoms with Gasteiger partial charge in [0.15, 0.2) is 11.4 Å². The molecule has 0 aromatic heterocycles. The summed E-state index contributed by atoms with van der Waals surface area (Å²) in [5.41, 5.74) is 2.03. The second kappa shape index (κ2) is 9.41. The molecule has 5 rings (SSSR count). The van der Waals surface area contributed by atoms with E-state index < -0.39 is 5.97 Å². The highest BCUT2D eigenvalue weighted by Crippen LogP contribution is 2.30. The second-order valence-corrected chi connectivity index (χ2v) is 7.93. The minimum atomic E-state index is -1.11. The molecule has 2 aromatic rings. The van der Waals surface area contributed by atoms with Gasteiger partial charge in [0.05, 0.1) is 22.7 Å². The smallest absolute Gasteiger partial charge is 0.337 e. The molecule has 7 heteroatoms. The van der Waals surface area contributed by atoms with Gasteiger partial charge in [0, 0.05) is 17.2 Å². The molecule has 0 spiro atoms. The number of nitrogens with zero attached hydrogens (tertiary/aromatic N) is 2. The van der Waals surface area contributed by atoms with Gasteiger partial charge < -0.3 is 10.4 Å². The molecule has 0 radical (unpaired) electrons. The Balaban J connectivity index is 0.000000192. The van der Waals surface area contributed by atoms with Gasteiger partial charge in [-0.05, 0) is 49.5 Å². The first kappa shape index (κ1) is 23.1. The number of likely N-dealkylation sites (N-methyl/N-ethyl adjacent to an activating group) is 1. The fourth-order valence-electron chi connectivity index (χ4n) is 4.23. The number of carboxylic acid groups (broad SMARTS) is 1. The van der Waals surface area contributed by atoms with Crippen LogP contribution in [0, 0.1) is 0 Å². The van der Waals surface area contributed by atoms with Gasteiger partial charge in [0.25, 0.3) is 0 Å². The van der Waals surface area contributed by atoms with Crippen LogP contribution in [-0.2, 0) is 0 Å². The molecule has 2 heterocycles. The Labute approximate surface area is 197 Å². The van der Waals surface area contributed by atoms with Gasteiger partial charge in [-0.15, -0.1) is 0 Å². The SMILES string of the molecule is CCN(CC)C12C=CC(=N1)C=C2.O=C(O)c1ccccc1NC1=CC(=O)c2ccccc2C1=O. The van der Waals surface area contributed by atoms with Gasteiger partial charge in [0.2, 0.25) is 5.78 Å². The highest BCUT2D eigenvalue weighted by Gasteiger charge is 2.35. The van der Waals surface area contributed by atoms with Crippen LogP contribution in [0.1, 0.15) is 44.9 Å². The van der Waals surface area contributed by atoms with E-state index in [4.69, 9.17) is 5.11 Å². The number of hydrogen-bond donors (Lipinski definition) is 2. The number of aliphatic imine (C=N–C) groups is 1. The Morgan fingerprint density at radius 3 is 2.18 bits per heavy atom. The molecule has 2 N–H and O–H groups in total. The van der Waals surface area contributed by atoms with Gasteiger partial charge in [-0.25, -0.2) is 4.79 Å². The quantitative estimate of drug-likeness (QED) is 0.671.